The molecule has 0 aliphatic carbocycles. The molecule has 3 nitrogen and oxygen atoms in total. The second-order valence-corrected chi connectivity index (χ2v) is 3.67. The molecule has 0 fully saturated rings. The van der Waals surface area contributed by atoms with Crippen LogP contribution in [0.25, 0.3) is 11.0 Å². The largest absolute Gasteiger partial charge is 0.440 e. The van der Waals surface area contributed by atoms with E-state index in [1.165, 1.54) is 5.56 Å². The first-order chi connectivity index (χ1) is 7.31. The van der Waals surface area contributed by atoms with Crippen molar-refractivity contribution in [1.82, 2.24) is 0 Å². The first kappa shape index (κ1) is 10.1. The Morgan fingerprint density at radius 3 is 3.00 bits per heavy atom. The van der Waals surface area contributed by atoms with E-state index in [4.69, 9.17) is 10.2 Å². The lowest BCUT2D eigenvalue weighted by atomic mass is 10.2. The molecule has 0 amide bonds. The number of fused-ring (bicyclic) bond motifs is 1. The van der Waals surface area contributed by atoms with Crippen molar-refractivity contribution in [2.24, 2.45) is 5.73 Å². The van der Waals surface area contributed by atoms with Gasteiger partial charge in [-0.3, -0.25) is 0 Å². The number of rotatable bonds is 4. The third kappa shape index (κ3) is 2.13. The monoisotopic (exact) mass is 204 g/mol. The van der Waals surface area contributed by atoms with Crippen LogP contribution in [0.2, 0.25) is 0 Å². The summed E-state index contributed by atoms with van der Waals surface area (Å²) in [7, 11) is 0. The van der Waals surface area contributed by atoms with Gasteiger partial charge in [-0.25, -0.2) is 0 Å². The predicted molar refractivity (Wildman–Crippen MR) is 63.1 cm³/mol. The minimum absolute atomic E-state index is 0.701. The molecule has 80 valence electrons. The fourth-order valence-corrected chi connectivity index (χ4v) is 1.61. The molecule has 0 radical (unpaired) electrons. The first-order valence-electron chi connectivity index (χ1n) is 5.24. The maximum absolute atomic E-state index is 5.69. The number of hydrogen-bond acceptors (Lipinski definition) is 3. The van der Waals surface area contributed by atoms with E-state index in [0.717, 1.165) is 29.8 Å². The Balaban J connectivity index is 2.20. The Hall–Kier alpha value is -1.48. The van der Waals surface area contributed by atoms with Crippen LogP contribution in [0.3, 0.4) is 0 Å². The van der Waals surface area contributed by atoms with Gasteiger partial charge in [0, 0.05) is 18.0 Å². The summed E-state index contributed by atoms with van der Waals surface area (Å²) in [5.74, 6) is 0.827. The first-order valence-corrected chi connectivity index (χ1v) is 5.24. The van der Waals surface area contributed by atoms with Crippen molar-refractivity contribution in [2.45, 2.75) is 13.3 Å². The van der Waals surface area contributed by atoms with E-state index in [9.17, 15) is 0 Å². The number of furan rings is 1. The van der Waals surface area contributed by atoms with Crippen molar-refractivity contribution in [2.75, 3.05) is 18.4 Å². The zero-order valence-electron chi connectivity index (χ0n) is 8.92. The van der Waals surface area contributed by atoms with Crippen LogP contribution in [0.4, 0.5) is 5.88 Å². The molecule has 0 saturated heterocycles. The standard InChI is InChI=1S/C12H16N2O/c1-9-4-2-5-10-8-11(15-12(9)10)14-7-3-6-13/h2,4-5,8,14H,3,6-7,13H2,1H3. The molecule has 1 heterocycles. The summed E-state index contributed by atoms with van der Waals surface area (Å²) in [6.45, 7) is 3.61. The molecule has 15 heavy (non-hydrogen) atoms. The zero-order valence-corrected chi connectivity index (χ0v) is 8.92. The Morgan fingerprint density at radius 2 is 2.27 bits per heavy atom. The van der Waals surface area contributed by atoms with Crippen LogP contribution in [0.15, 0.2) is 28.7 Å². The van der Waals surface area contributed by atoms with Gasteiger partial charge in [-0.05, 0) is 25.5 Å². The summed E-state index contributed by atoms with van der Waals surface area (Å²) in [4.78, 5) is 0. The Bertz CT molecular complexity index is 448. The number of benzene rings is 1. The van der Waals surface area contributed by atoms with Gasteiger partial charge in [-0.15, -0.1) is 0 Å². The number of hydrogen-bond donors (Lipinski definition) is 2. The van der Waals surface area contributed by atoms with E-state index in [2.05, 4.69) is 24.4 Å². The fourth-order valence-electron chi connectivity index (χ4n) is 1.61. The summed E-state index contributed by atoms with van der Waals surface area (Å²) in [6, 6.07) is 8.17. The summed E-state index contributed by atoms with van der Waals surface area (Å²) in [5, 5.41) is 4.36. The molecule has 0 spiro atoms. The van der Waals surface area contributed by atoms with Gasteiger partial charge in [-0.2, -0.15) is 0 Å². The van der Waals surface area contributed by atoms with E-state index in [1.807, 2.05) is 12.1 Å². The van der Waals surface area contributed by atoms with Crippen molar-refractivity contribution >= 4 is 16.9 Å². The van der Waals surface area contributed by atoms with Gasteiger partial charge in [0.15, 0.2) is 5.88 Å². The highest BCUT2D eigenvalue weighted by molar-refractivity contribution is 5.83. The average Bonchev–Trinajstić information content (AvgIpc) is 2.63. The summed E-state index contributed by atoms with van der Waals surface area (Å²) in [5.41, 5.74) is 7.55. The van der Waals surface area contributed by atoms with Crippen LogP contribution in [0.5, 0.6) is 0 Å². The van der Waals surface area contributed by atoms with Crippen LogP contribution in [-0.2, 0) is 0 Å². The number of nitrogens with two attached hydrogens (primary N) is 1. The molecule has 3 N–H and O–H groups in total. The number of aryl methyl sites for hydroxylation is 1. The van der Waals surface area contributed by atoms with Crippen LogP contribution < -0.4 is 11.1 Å². The van der Waals surface area contributed by atoms with E-state index in [-0.39, 0.29) is 0 Å². The normalized spacial score (nSPS) is 10.8. The topological polar surface area (TPSA) is 51.2 Å². The molecule has 0 saturated carbocycles. The zero-order chi connectivity index (χ0) is 10.7. The number of anilines is 1. The van der Waals surface area contributed by atoms with Crippen LogP contribution >= 0.6 is 0 Å². The number of para-hydroxylation sites is 1. The summed E-state index contributed by atoms with van der Waals surface area (Å²) in [6.07, 6.45) is 0.954. The molecule has 0 atom stereocenters. The summed E-state index contributed by atoms with van der Waals surface area (Å²) < 4.78 is 5.69. The van der Waals surface area contributed by atoms with E-state index >= 15 is 0 Å². The van der Waals surface area contributed by atoms with Crippen LogP contribution in [0.1, 0.15) is 12.0 Å². The molecule has 1 aromatic carbocycles. The van der Waals surface area contributed by atoms with Gasteiger partial charge in [0.1, 0.15) is 5.58 Å². The predicted octanol–water partition coefficient (Wildman–Crippen LogP) is 2.50. The molecule has 0 unspecified atom stereocenters. The third-order valence-electron chi connectivity index (χ3n) is 2.42. The lowest BCUT2D eigenvalue weighted by molar-refractivity contribution is 0.622. The van der Waals surface area contributed by atoms with Crippen molar-refractivity contribution in [1.29, 1.82) is 0 Å². The van der Waals surface area contributed by atoms with Crippen molar-refractivity contribution in [3.05, 3.63) is 29.8 Å². The smallest absolute Gasteiger partial charge is 0.194 e. The molecule has 3 heteroatoms. The van der Waals surface area contributed by atoms with Crippen molar-refractivity contribution in [3.63, 3.8) is 0 Å². The Kier molecular flexibility index (Phi) is 2.92. The molecular formula is C12H16N2O. The molecule has 0 aliphatic heterocycles. The lowest BCUT2D eigenvalue weighted by Gasteiger charge is -1.99. The molecule has 1 aromatic heterocycles. The maximum atomic E-state index is 5.69. The Morgan fingerprint density at radius 1 is 1.40 bits per heavy atom. The minimum Gasteiger partial charge on any atom is -0.440 e. The molecule has 2 rings (SSSR count). The average molecular weight is 204 g/mol. The second-order valence-electron chi connectivity index (χ2n) is 3.67. The van der Waals surface area contributed by atoms with Gasteiger partial charge >= 0.3 is 0 Å². The van der Waals surface area contributed by atoms with Gasteiger partial charge in [0.2, 0.25) is 0 Å². The van der Waals surface area contributed by atoms with Crippen LogP contribution in [-0.4, -0.2) is 13.1 Å². The maximum Gasteiger partial charge on any atom is 0.194 e. The van der Waals surface area contributed by atoms with Gasteiger partial charge < -0.3 is 15.5 Å². The van der Waals surface area contributed by atoms with E-state index in [1.54, 1.807) is 0 Å². The number of nitrogens with one attached hydrogen (secondary N) is 1. The highest BCUT2D eigenvalue weighted by Crippen LogP contribution is 2.25. The fraction of sp³-hybridized carbons (Fsp3) is 0.333. The van der Waals surface area contributed by atoms with Gasteiger partial charge in [0.05, 0.1) is 0 Å². The highest BCUT2D eigenvalue weighted by atomic mass is 16.3. The molecule has 0 aliphatic rings. The van der Waals surface area contributed by atoms with E-state index in [0.29, 0.717) is 6.54 Å². The van der Waals surface area contributed by atoms with E-state index < -0.39 is 0 Å². The lowest BCUT2D eigenvalue weighted by Crippen LogP contribution is -2.07. The molecular weight excluding hydrogens is 188 g/mol. The molecule has 2 aromatic rings. The quantitative estimate of drug-likeness (QED) is 0.752. The van der Waals surface area contributed by atoms with Crippen molar-refractivity contribution in [3.8, 4) is 0 Å². The molecule has 0 bridgehead atoms. The van der Waals surface area contributed by atoms with Crippen LogP contribution in [0, 0.1) is 6.92 Å². The second kappa shape index (κ2) is 4.36. The minimum atomic E-state index is 0.701. The Labute approximate surface area is 89.3 Å². The third-order valence-corrected chi connectivity index (χ3v) is 2.42. The SMILES string of the molecule is Cc1cccc2cc(NCCCN)oc12. The highest BCUT2D eigenvalue weighted by Gasteiger charge is 2.04. The summed E-state index contributed by atoms with van der Waals surface area (Å²) >= 11 is 0. The van der Waals surface area contributed by atoms with Gasteiger partial charge in [0.25, 0.3) is 0 Å². The van der Waals surface area contributed by atoms with Gasteiger partial charge in [-0.1, -0.05) is 18.2 Å². The van der Waals surface area contributed by atoms with Crippen molar-refractivity contribution < 1.29 is 4.42 Å².